The highest BCUT2D eigenvalue weighted by Gasteiger charge is 2.35. The molecule has 2 aliphatic carbocycles. The molecular weight excluding hydrogens is 596 g/mol. The van der Waals surface area contributed by atoms with Gasteiger partial charge >= 0.3 is 0 Å². The van der Waals surface area contributed by atoms with E-state index in [1.54, 1.807) is 17.8 Å². The van der Waals surface area contributed by atoms with Gasteiger partial charge in [0.15, 0.2) is 0 Å². The molecule has 4 atom stereocenters. The van der Waals surface area contributed by atoms with Gasteiger partial charge in [0.25, 0.3) is 5.91 Å². The molecule has 252 valence electrons. The number of hydrogen-bond acceptors (Lipinski definition) is 6. The first-order valence-electron chi connectivity index (χ1n) is 17.4. The predicted molar refractivity (Wildman–Crippen MR) is 195 cm³/mol. The van der Waals surface area contributed by atoms with Gasteiger partial charge in [0, 0.05) is 17.8 Å². The molecule has 3 N–H and O–H groups in total. The SMILES string of the molecule is C=C1CC/C(=C\C)CCC1C(C)(C)c1ccc(C2C=CC(CO[C@H]3COC[C@@H]3NC(=O)c3cc(C4=CC(C)=NC4)cnc3N)=CC2)cc1. The lowest BCUT2D eigenvalue weighted by molar-refractivity contribution is 0.0463. The zero-order valence-corrected chi connectivity index (χ0v) is 28.9. The number of amides is 1. The number of rotatable bonds is 9. The van der Waals surface area contributed by atoms with E-state index in [-0.39, 0.29) is 29.3 Å². The van der Waals surface area contributed by atoms with Crippen molar-refractivity contribution in [2.45, 2.75) is 83.3 Å². The number of nitrogens with zero attached hydrogens (tertiary/aromatic N) is 2. The van der Waals surface area contributed by atoms with Crippen molar-refractivity contribution in [3.05, 3.63) is 112 Å². The minimum atomic E-state index is -0.279. The van der Waals surface area contributed by atoms with Crippen LogP contribution in [0.1, 0.15) is 92.8 Å². The standard InChI is InChI=1S/C41H50N4O3/c1-6-28-8-7-26(2)36(18-11-28)41(4,5)34-16-14-31(15-17-34)30-12-9-29(10-13-30)23-48-38-25-47-24-37(38)45-40(46)35-20-33(22-44-39(35)42)32-19-27(3)43-21-32/h6,9-10,12,14-17,19-20,22,30,36-38H,2,7-8,11,13,18,21,23-25H2,1,3-5H3,(H2,42,44)(H,45,46)/b28-6+/t30?,36?,37-,38-/m0/s1. The fourth-order valence-electron chi connectivity index (χ4n) is 7.54. The molecule has 4 aliphatic rings. The molecule has 2 aromatic rings. The fraction of sp³-hybridized carbons (Fsp3) is 0.439. The molecule has 0 bridgehead atoms. The highest BCUT2D eigenvalue weighted by atomic mass is 16.5. The number of nitrogens with one attached hydrogen (secondary N) is 1. The van der Waals surface area contributed by atoms with Crippen LogP contribution >= 0.6 is 0 Å². The van der Waals surface area contributed by atoms with Gasteiger partial charge in [0.05, 0.1) is 38.0 Å². The number of pyridine rings is 1. The van der Waals surface area contributed by atoms with E-state index in [0.29, 0.717) is 43.8 Å². The molecule has 0 radical (unpaired) electrons. The molecule has 2 unspecified atom stereocenters. The molecule has 7 heteroatoms. The number of nitrogens with two attached hydrogens (primary N) is 1. The summed E-state index contributed by atoms with van der Waals surface area (Å²) in [5.41, 5.74) is 16.1. The molecule has 1 saturated heterocycles. The summed E-state index contributed by atoms with van der Waals surface area (Å²) in [5.74, 6) is 0.740. The van der Waals surface area contributed by atoms with Crippen LogP contribution in [0.4, 0.5) is 5.82 Å². The molecule has 1 amide bonds. The Labute approximate surface area is 285 Å². The van der Waals surface area contributed by atoms with Crippen LogP contribution < -0.4 is 11.1 Å². The van der Waals surface area contributed by atoms with Crippen LogP contribution in [0.15, 0.2) is 95.2 Å². The number of aliphatic imine (C=N–C) groups is 1. The highest BCUT2D eigenvalue weighted by molar-refractivity contribution is 6.04. The van der Waals surface area contributed by atoms with Gasteiger partial charge < -0.3 is 20.5 Å². The van der Waals surface area contributed by atoms with Crippen molar-refractivity contribution in [3.8, 4) is 0 Å². The zero-order chi connectivity index (χ0) is 33.8. The average molecular weight is 647 g/mol. The first kappa shape index (κ1) is 33.8. The topological polar surface area (TPSA) is 98.8 Å². The Kier molecular flexibility index (Phi) is 10.3. The minimum Gasteiger partial charge on any atom is -0.383 e. The lowest BCUT2D eigenvalue weighted by atomic mass is 9.68. The van der Waals surface area contributed by atoms with E-state index >= 15 is 0 Å². The second kappa shape index (κ2) is 14.6. The number of benzene rings is 1. The van der Waals surface area contributed by atoms with Crippen LogP contribution in [0.25, 0.3) is 5.57 Å². The van der Waals surface area contributed by atoms with Gasteiger partial charge in [-0.1, -0.05) is 80.1 Å². The predicted octanol–water partition coefficient (Wildman–Crippen LogP) is 7.68. The van der Waals surface area contributed by atoms with Crippen LogP contribution in [0.2, 0.25) is 0 Å². The molecular formula is C41H50N4O3. The average Bonchev–Trinajstić information content (AvgIpc) is 3.68. The van der Waals surface area contributed by atoms with Crippen molar-refractivity contribution >= 4 is 23.0 Å². The van der Waals surface area contributed by atoms with Crippen molar-refractivity contribution in [1.29, 1.82) is 0 Å². The van der Waals surface area contributed by atoms with Gasteiger partial charge in [0.1, 0.15) is 11.9 Å². The van der Waals surface area contributed by atoms with E-state index in [4.69, 9.17) is 15.2 Å². The monoisotopic (exact) mass is 646 g/mol. The van der Waals surface area contributed by atoms with Crippen molar-refractivity contribution in [2.24, 2.45) is 10.9 Å². The van der Waals surface area contributed by atoms with Crippen LogP contribution in [-0.2, 0) is 14.9 Å². The maximum absolute atomic E-state index is 13.3. The van der Waals surface area contributed by atoms with Crippen molar-refractivity contribution in [1.82, 2.24) is 10.3 Å². The van der Waals surface area contributed by atoms with Crippen molar-refractivity contribution in [3.63, 3.8) is 0 Å². The van der Waals surface area contributed by atoms with Gasteiger partial charge in [-0.2, -0.15) is 0 Å². The summed E-state index contributed by atoms with van der Waals surface area (Å²) in [6.45, 7) is 15.3. The van der Waals surface area contributed by atoms with Crippen LogP contribution in [-0.4, -0.2) is 55.1 Å². The lowest BCUT2D eigenvalue weighted by Crippen LogP contribution is -2.44. The summed E-state index contributed by atoms with van der Waals surface area (Å²) in [5, 5.41) is 3.07. The van der Waals surface area contributed by atoms with E-state index < -0.39 is 0 Å². The Morgan fingerprint density at radius 1 is 1.19 bits per heavy atom. The number of nitrogen functional groups attached to an aromatic ring is 1. The zero-order valence-electron chi connectivity index (χ0n) is 28.9. The molecule has 3 heterocycles. The number of carbonyl (C=O) groups is 1. The summed E-state index contributed by atoms with van der Waals surface area (Å²) in [6.07, 6.45) is 18.0. The number of aromatic nitrogens is 1. The Morgan fingerprint density at radius 2 is 2.00 bits per heavy atom. The number of carbonyl (C=O) groups excluding carboxylic acids is 1. The quantitative estimate of drug-likeness (QED) is 0.215. The first-order chi connectivity index (χ1) is 23.1. The fourth-order valence-corrected chi connectivity index (χ4v) is 7.54. The summed E-state index contributed by atoms with van der Waals surface area (Å²) < 4.78 is 12.0. The first-order valence-corrected chi connectivity index (χ1v) is 17.4. The van der Waals surface area contributed by atoms with Crippen LogP contribution in [0.5, 0.6) is 0 Å². The maximum atomic E-state index is 13.3. The Balaban J connectivity index is 1.01. The van der Waals surface area contributed by atoms with Gasteiger partial charge in [-0.25, -0.2) is 4.98 Å². The largest absolute Gasteiger partial charge is 0.383 e. The van der Waals surface area contributed by atoms with Gasteiger partial charge in [0.2, 0.25) is 0 Å². The van der Waals surface area contributed by atoms with E-state index in [1.807, 2.05) is 13.0 Å². The van der Waals surface area contributed by atoms with E-state index in [2.05, 4.69) is 91.2 Å². The van der Waals surface area contributed by atoms with Crippen LogP contribution in [0, 0.1) is 5.92 Å². The molecule has 0 spiro atoms. The summed E-state index contributed by atoms with van der Waals surface area (Å²) in [4.78, 5) is 22.0. The lowest BCUT2D eigenvalue weighted by Gasteiger charge is -2.36. The summed E-state index contributed by atoms with van der Waals surface area (Å²) in [6, 6.07) is 10.8. The van der Waals surface area contributed by atoms with Gasteiger partial charge in [-0.05, 0) is 97.3 Å². The number of ether oxygens (including phenoxy) is 2. The van der Waals surface area contributed by atoms with Crippen molar-refractivity contribution < 1.29 is 14.3 Å². The molecule has 48 heavy (non-hydrogen) atoms. The smallest absolute Gasteiger partial charge is 0.255 e. The number of anilines is 1. The molecule has 2 fully saturated rings. The molecule has 1 aromatic carbocycles. The van der Waals surface area contributed by atoms with Crippen molar-refractivity contribution in [2.75, 3.05) is 32.1 Å². The molecule has 2 aliphatic heterocycles. The summed E-state index contributed by atoms with van der Waals surface area (Å²) >= 11 is 0. The minimum absolute atomic E-state index is 0.0440. The van der Waals surface area contributed by atoms with Gasteiger partial charge in [-0.15, -0.1) is 0 Å². The molecule has 6 rings (SSSR count). The number of hydrogen-bond donors (Lipinski definition) is 2. The Morgan fingerprint density at radius 3 is 2.71 bits per heavy atom. The molecule has 1 saturated carbocycles. The van der Waals surface area contributed by atoms with E-state index in [0.717, 1.165) is 41.7 Å². The molecule has 7 nitrogen and oxygen atoms in total. The third-order valence-corrected chi connectivity index (χ3v) is 10.8. The summed E-state index contributed by atoms with van der Waals surface area (Å²) in [7, 11) is 0. The normalized spacial score (nSPS) is 25.5. The van der Waals surface area contributed by atoms with Gasteiger partial charge in [-0.3, -0.25) is 9.79 Å². The highest BCUT2D eigenvalue weighted by Crippen LogP contribution is 2.43. The Bertz CT molecular complexity index is 1690. The molecule has 1 aromatic heterocycles. The van der Waals surface area contributed by atoms with E-state index in [1.165, 1.54) is 29.5 Å². The second-order valence-corrected chi connectivity index (χ2v) is 14.3. The number of allylic oxidation sites excluding steroid dienone is 6. The third kappa shape index (κ3) is 7.48. The maximum Gasteiger partial charge on any atom is 0.255 e. The Hall–Kier alpha value is -4.07. The van der Waals surface area contributed by atoms with Crippen LogP contribution in [0.3, 0.4) is 0 Å². The second-order valence-electron chi connectivity index (χ2n) is 14.3. The van der Waals surface area contributed by atoms with E-state index in [9.17, 15) is 4.79 Å². The third-order valence-electron chi connectivity index (χ3n) is 10.8.